The van der Waals surface area contributed by atoms with E-state index in [1.807, 2.05) is 35.8 Å². The van der Waals surface area contributed by atoms with Crippen LogP contribution in [0.1, 0.15) is 58.3 Å². The van der Waals surface area contributed by atoms with Crippen LogP contribution in [0.15, 0.2) is 0 Å². The lowest BCUT2D eigenvalue weighted by molar-refractivity contribution is -0.193. The van der Waals surface area contributed by atoms with Crippen LogP contribution < -0.4 is 11.5 Å². The van der Waals surface area contributed by atoms with Gasteiger partial charge in [0.25, 0.3) is 0 Å². The minimum Gasteiger partial charge on any atom is -0.480 e. The van der Waals surface area contributed by atoms with Gasteiger partial charge in [0, 0.05) is 97.2 Å². The molecule has 1 unspecified atom stereocenters. The first-order chi connectivity index (χ1) is 49.3. The smallest absolute Gasteiger partial charge is 0.373 e. The molecule has 2 aliphatic rings. The summed E-state index contributed by atoms with van der Waals surface area (Å²) in [5.74, 6) is -5.71. The van der Waals surface area contributed by atoms with Crippen LogP contribution in [0.3, 0.4) is 0 Å². The summed E-state index contributed by atoms with van der Waals surface area (Å²) >= 11 is 0. The van der Waals surface area contributed by atoms with Crippen LogP contribution in [0.2, 0.25) is 0 Å². The number of carbonyl (C=O) groups is 6. The zero-order valence-corrected chi connectivity index (χ0v) is 60.9. The lowest BCUT2D eigenvalue weighted by Gasteiger charge is -2.39. The average molecular weight is 1520 g/mol. The molecule has 2 saturated heterocycles. The fourth-order valence-electron chi connectivity index (χ4n) is 8.27. The van der Waals surface area contributed by atoms with E-state index >= 15 is 0 Å². The summed E-state index contributed by atoms with van der Waals surface area (Å²) in [6, 6.07) is 0. The maximum atomic E-state index is 11.0. The fourth-order valence-corrected chi connectivity index (χ4v) is 8.27. The van der Waals surface area contributed by atoms with E-state index < -0.39 is 35.8 Å². The third kappa shape index (κ3) is 128. The van der Waals surface area contributed by atoms with Crippen LogP contribution in [-0.4, -0.2) is 414 Å². The Morgan fingerprint density at radius 3 is 0.905 bits per heavy atom. The molecule has 0 aromatic heterocycles. The van der Waals surface area contributed by atoms with E-state index in [0.717, 1.165) is 77.9 Å². The van der Waals surface area contributed by atoms with Crippen molar-refractivity contribution in [3.05, 3.63) is 0 Å². The lowest BCUT2D eigenvalue weighted by Crippen LogP contribution is -2.54. The Labute approximate surface area is 606 Å². The Morgan fingerprint density at radius 2 is 0.629 bits per heavy atom. The van der Waals surface area contributed by atoms with Crippen LogP contribution in [0.25, 0.3) is 0 Å². The van der Waals surface area contributed by atoms with E-state index in [1.54, 1.807) is 0 Å². The fraction of sp³-hybridized carbons (Fsp3) is 0.733. The maximum absolute atomic E-state index is 11.0. The van der Waals surface area contributed by atoms with Crippen LogP contribution in [0, 0.1) is 0 Å². The number of likely N-dealkylation sites (N-methyl/N-ethyl adjacent to an activating group) is 6. The number of nitrogens with two attached hydrogens (primary N) is 2. The van der Waals surface area contributed by atoms with Crippen molar-refractivity contribution in [1.82, 2.24) is 53.9 Å². The van der Waals surface area contributed by atoms with Crippen LogP contribution in [0.5, 0.6) is 0 Å². The van der Waals surface area contributed by atoms with E-state index in [0.29, 0.717) is 58.9 Å². The van der Waals surface area contributed by atoms with E-state index in [4.69, 9.17) is 138 Å². The highest BCUT2D eigenvalue weighted by atomic mass is 16.4. The molecule has 0 aliphatic carbocycles. The summed E-state index contributed by atoms with van der Waals surface area (Å²) in [6.45, 7) is 18.4. The molecule has 0 aromatic rings. The van der Waals surface area contributed by atoms with Gasteiger partial charge in [-0.25, -0.2) is 0 Å². The van der Waals surface area contributed by atoms with Crippen molar-refractivity contribution >= 4 is 97.3 Å². The summed E-state index contributed by atoms with van der Waals surface area (Å²) in [5, 5.41) is 52.6. The summed E-state index contributed by atoms with van der Waals surface area (Å²) in [6.07, 6.45) is 11.2. The van der Waals surface area contributed by atoms with Gasteiger partial charge in [0.1, 0.15) is 0 Å². The number of carbonyl (C=O) groups excluding carboxylic acids is 20. The minimum absolute atomic E-state index is 0.00731. The van der Waals surface area contributed by atoms with Gasteiger partial charge in [-0.15, -0.1) is 0 Å². The standard InChI is InChI=1S/C16H32N4O4.C14H32N4.C12H25N3O4.C8H16N2O4.10CO2/c1-17-5-3-7-19(13-15(21)22)11-12-20(14-16(23)24)8-4-6-18(2)10-9-17;1-14(16(2)3)12-17(4)10-11-18(13-14)9-7-5-6-8-15;1-14(6-4-2-3-5-13)7-8-15(9-11(16)17)10-12(18)19;1-9(2)3-4-10(5-7(11)12)6-8(13)14;10*2-1-3/h3-14H2,1-2H3,(H,21,22)(H,23,24);5-13,15H2,1-4H3;2-10,13H2,1H3,(H,16,17)(H,18,19);3-6H2,1-2H3,(H,11,12)(H,13,14);;;;;;;;;;. The molecule has 602 valence electrons. The summed E-state index contributed by atoms with van der Waals surface area (Å²) in [5.41, 5.74) is 11.2. The van der Waals surface area contributed by atoms with E-state index in [2.05, 4.69) is 71.6 Å². The molecule has 2 heterocycles. The second-order valence-electron chi connectivity index (χ2n) is 21.7. The van der Waals surface area contributed by atoms with E-state index in [1.165, 1.54) is 55.2 Å². The van der Waals surface area contributed by atoms with Gasteiger partial charge < -0.3 is 76.4 Å². The third-order valence-corrected chi connectivity index (χ3v) is 12.9. The van der Waals surface area contributed by atoms with Crippen LogP contribution >= 0.6 is 0 Å². The topological polar surface area (TPSA) is 653 Å². The molecule has 2 aliphatic heterocycles. The first kappa shape index (κ1) is 122. The predicted octanol–water partition coefficient (Wildman–Crippen LogP) is -7.20. The van der Waals surface area contributed by atoms with Crippen molar-refractivity contribution in [2.24, 2.45) is 11.5 Å². The van der Waals surface area contributed by atoms with Crippen molar-refractivity contribution < 1.29 is 155 Å². The monoisotopic (exact) mass is 1520 g/mol. The quantitative estimate of drug-likeness (QED) is 0.0323. The number of nitrogens with zero attached hydrogens (tertiary/aromatic N) is 11. The molecule has 2 fully saturated rings. The number of unbranched alkanes of at least 4 members (excludes halogenated alkanes) is 4. The second-order valence-corrected chi connectivity index (χ2v) is 21.7. The third-order valence-electron chi connectivity index (χ3n) is 12.9. The SMILES string of the molecule is CN(C)CCN(CC(=O)O)CC(=O)O.CN(CCCCCN)CCN(CC(=O)O)CC(=O)O.CN1CCCN(CC(=O)O)CCN(CC(=O)O)CCCN(C)CC1.CN1CCN(CCCCCN)CC(C)(N(C)C)C1.O=C=O.O=C=O.O=C=O.O=C=O.O=C=O.O=C=O.O=C=O.O=C=O.O=C=O.O=C=O. The molecule has 1 atom stereocenters. The number of hydrogen-bond acceptors (Lipinski definition) is 39. The molecule has 0 spiro atoms. The van der Waals surface area contributed by atoms with Crippen molar-refractivity contribution in [3.63, 3.8) is 0 Å². The second kappa shape index (κ2) is 98.3. The number of aliphatic carboxylic acids is 6. The van der Waals surface area contributed by atoms with Crippen LogP contribution in [-0.2, 0) is 125 Å². The van der Waals surface area contributed by atoms with E-state index in [9.17, 15) is 28.8 Å². The molecule has 2 rings (SSSR count). The van der Waals surface area contributed by atoms with Gasteiger partial charge in [0.2, 0.25) is 0 Å². The molecular formula is C60H105N13O32. The maximum Gasteiger partial charge on any atom is 0.373 e. The van der Waals surface area contributed by atoms with Crippen molar-refractivity contribution in [1.29, 1.82) is 0 Å². The molecule has 105 heavy (non-hydrogen) atoms. The highest BCUT2D eigenvalue weighted by molar-refractivity contribution is 5.73. The van der Waals surface area contributed by atoms with Crippen molar-refractivity contribution in [2.45, 2.75) is 63.8 Å². The molecule has 0 aromatic carbocycles. The summed E-state index contributed by atoms with van der Waals surface area (Å²) in [7, 11) is 16.5. The normalized spacial score (nSPS) is 14.0. The Kier molecular flexibility index (Phi) is 114. The molecule has 0 radical (unpaired) electrons. The molecule has 0 bridgehead atoms. The molecule has 45 nitrogen and oxygen atoms in total. The predicted molar refractivity (Wildman–Crippen MR) is 344 cm³/mol. The number of carboxylic acids is 6. The first-order valence-electron chi connectivity index (χ1n) is 30.7. The highest BCUT2D eigenvalue weighted by Gasteiger charge is 2.33. The molecule has 10 N–H and O–H groups in total. The van der Waals surface area contributed by atoms with E-state index in [-0.39, 0.29) is 106 Å². The van der Waals surface area contributed by atoms with Crippen molar-refractivity contribution in [2.75, 3.05) is 227 Å². The molecule has 0 saturated carbocycles. The number of hydrogen-bond donors (Lipinski definition) is 8. The van der Waals surface area contributed by atoms with Crippen molar-refractivity contribution in [3.8, 4) is 0 Å². The lowest BCUT2D eigenvalue weighted by atomic mass is 10.00. The molecular weight excluding hydrogens is 1410 g/mol. The zero-order chi connectivity index (χ0) is 84.4. The average Bonchev–Trinajstić information content (AvgIpc) is 1.74. The Hall–Kier alpha value is -9.90. The first-order valence-corrected chi connectivity index (χ1v) is 30.7. The highest BCUT2D eigenvalue weighted by Crippen LogP contribution is 2.19. The largest absolute Gasteiger partial charge is 0.480 e. The van der Waals surface area contributed by atoms with Gasteiger partial charge >= 0.3 is 97.3 Å². The summed E-state index contributed by atoms with van der Waals surface area (Å²) < 4.78 is 0. The molecule has 0 amide bonds. The van der Waals surface area contributed by atoms with Gasteiger partial charge in [-0.05, 0) is 141 Å². The Morgan fingerprint density at radius 1 is 0.343 bits per heavy atom. The molecule has 45 heteroatoms. The Bertz CT molecular complexity index is 2250. The van der Waals surface area contributed by atoms with Gasteiger partial charge in [-0.3, -0.25) is 48.4 Å². The van der Waals surface area contributed by atoms with Gasteiger partial charge in [-0.2, -0.15) is 95.9 Å². The van der Waals surface area contributed by atoms with Crippen LogP contribution in [0.4, 0.5) is 0 Å². The zero-order valence-electron chi connectivity index (χ0n) is 60.9. The van der Waals surface area contributed by atoms with Gasteiger partial charge in [-0.1, -0.05) is 12.8 Å². The summed E-state index contributed by atoms with van der Waals surface area (Å²) in [4.78, 5) is 249. The Balaban J connectivity index is -0.0000000978. The van der Waals surface area contributed by atoms with Gasteiger partial charge in [0.05, 0.1) is 39.3 Å². The van der Waals surface area contributed by atoms with Gasteiger partial charge in [0.15, 0.2) is 0 Å². The minimum atomic E-state index is -1.01. The number of rotatable bonds is 29. The number of carboxylic acid groups (broad SMARTS) is 6.